The summed E-state index contributed by atoms with van der Waals surface area (Å²) in [6, 6.07) is 10.8. The first-order chi connectivity index (χ1) is 16.1. The van der Waals surface area contributed by atoms with Gasteiger partial charge in [0.1, 0.15) is 5.75 Å². The van der Waals surface area contributed by atoms with Crippen molar-refractivity contribution in [2.45, 2.75) is 38.2 Å². The van der Waals surface area contributed by atoms with Crippen molar-refractivity contribution in [3.63, 3.8) is 0 Å². The first kappa shape index (κ1) is 23.8. The summed E-state index contributed by atoms with van der Waals surface area (Å²) in [5, 5.41) is 31.3. The number of aryl methyl sites for hydroxylation is 1. The van der Waals surface area contributed by atoms with Gasteiger partial charge in [0, 0.05) is 12.5 Å². The smallest absolute Gasteiger partial charge is 0.225 e. The molecule has 0 bridgehead atoms. The molecule has 0 saturated heterocycles. The van der Waals surface area contributed by atoms with Gasteiger partial charge in [-0.2, -0.15) is 0 Å². The number of aromatic hydroxyl groups is 1. The maximum absolute atomic E-state index is 13.6. The van der Waals surface area contributed by atoms with Crippen molar-refractivity contribution in [2.24, 2.45) is 23.5 Å². The van der Waals surface area contributed by atoms with E-state index in [-0.39, 0.29) is 37.2 Å². The molecule has 0 radical (unpaired) electrons. The lowest BCUT2D eigenvalue weighted by molar-refractivity contribution is -0.167. The largest absolute Gasteiger partial charge is 0.507 e. The quantitative estimate of drug-likeness (QED) is 0.471. The molecule has 4 atom stereocenters. The van der Waals surface area contributed by atoms with Gasteiger partial charge in [0.15, 0.2) is 23.0 Å². The molecule has 34 heavy (non-hydrogen) atoms. The van der Waals surface area contributed by atoms with Gasteiger partial charge in [-0.05, 0) is 54.9 Å². The molecule has 8 nitrogen and oxygen atoms in total. The number of ketones is 3. The highest BCUT2D eigenvalue weighted by molar-refractivity contribution is 6.24. The van der Waals surface area contributed by atoms with E-state index in [1.54, 1.807) is 6.07 Å². The fraction of sp³-hybridized carbons (Fsp3) is 0.385. The van der Waals surface area contributed by atoms with Gasteiger partial charge >= 0.3 is 0 Å². The van der Waals surface area contributed by atoms with E-state index in [0.29, 0.717) is 5.56 Å². The Labute approximate surface area is 196 Å². The number of carbonyl (C=O) groups excluding carboxylic acids is 4. The highest BCUT2D eigenvalue weighted by atomic mass is 16.3. The number of nitrogens with two attached hydrogens (primary N) is 1. The van der Waals surface area contributed by atoms with E-state index in [2.05, 4.69) is 0 Å². The number of hydrogen-bond acceptors (Lipinski definition) is 7. The molecule has 1 fully saturated rings. The SMILES string of the molecule is Cc1ccc(-c2ccc(O)c3c2C[C@H]2C[C@@H](CCO)[C@@](O)(C(=O)CC(N)=O)C(=O)C2C3=O)cc1. The van der Waals surface area contributed by atoms with Gasteiger partial charge in [0.2, 0.25) is 5.91 Å². The van der Waals surface area contributed by atoms with Crippen LogP contribution in [0.2, 0.25) is 0 Å². The molecule has 1 saturated carbocycles. The van der Waals surface area contributed by atoms with Crippen LogP contribution in [0.15, 0.2) is 36.4 Å². The van der Waals surface area contributed by atoms with Crippen molar-refractivity contribution in [1.82, 2.24) is 0 Å². The van der Waals surface area contributed by atoms with E-state index in [9.17, 15) is 34.5 Å². The second-order valence-electron chi connectivity index (χ2n) is 9.30. The van der Waals surface area contributed by atoms with Gasteiger partial charge < -0.3 is 21.1 Å². The van der Waals surface area contributed by atoms with Gasteiger partial charge in [-0.3, -0.25) is 19.2 Å². The number of fused-ring (bicyclic) bond motifs is 2. The van der Waals surface area contributed by atoms with E-state index in [4.69, 9.17) is 5.73 Å². The fourth-order valence-electron chi connectivity index (χ4n) is 5.54. The van der Waals surface area contributed by atoms with Crippen molar-refractivity contribution in [2.75, 3.05) is 6.61 Å². The van der Waals surface area contributed by atoms with Crippen LogP contribution in [0.25, 0.3) is 11.1 Å². The Morgan fingerprint density at radius 3 is 2.41 bits per heavy atom. The summed E-state index contributed by atoms with van der Waals surface area (Å²) >= 11 is 0. The summed E-state index contributed by atoms with van der Waals surface area (Å²) < 4.78 is 0. The van der Waals surface area contributed by atoms with Crippen LogP contribution in [0, 0.1) is 24.7 Å². The van der Waals surface area contributed by atoms with Crippen LogP contribution < -0.4 is 5.73 Å². The Hall–Kier alpha value is -3.36. The molecule has 178 valence electrons. The molecule has 4 rings (SSSR count). The summed E-state index contributed by atoms with van der Waals surface area (Å²) in [5.41, 5.74) is 5.82. The standard InChI is InChI=1S/C26H27NO7/c1-13-2-4-14(5-3-13)17-6-7-19(29)23-18(17)11-15-10-16(8-9-28)26(34,20(30)12-21(27)31)25(33)22(15)24(23)32/h2-7,15-16,22,28-29,34H,8-12H2,1H3,(H2,27,31)/t15-,16-,22?,26-/m1/s1. The minimum atomic E-state index is -2.60. The summed E-state index contributed by atoms with van der Waals surface area (Å²) in [7, 11) is 0. The third-order valence-electron chi connectivity index (χ3n) is 7.19. The molecule has 2 aromatic rings. The number of hydrogen-bond donors (Lipinski definition) is 4. The Morgan fingerprint density at radius 2 is 1.79 bits per heavy atom. The monoisotopic (exact) mass is 465 g/mol. The highest BCUT2D eigenvalue weighted by Gasteiger charge is 2.60. The third-order valence-corrected chi connectivity index (χ3v) is 7.19. The fourth-order valence-corrected chi connectivity index (χ4v) is 5.54. The zero-order chi connectivity index (χ0) is 24.8. The summed E-state index contributed by atoms with van der Waals surface area (Å²) in [6.07, 6.45) is -0.514. The van der Waals surface area contributed by atoms with Crippen LogP contribution >= 0.6 is 0 Å². The van der Waals surface area contributed by atoms with E-state index in [1.165, 1.54) is 6.07 Å². The number of Topliss-reactive ketones (excluding diaryl/α,β-unsaturated/α-hetero) is 3. The number of aliphatic hydroxyl groups excluding tert-OH is 1. The van der Waals surface area contributed by atoms with Crippen molar-refractivity contribution < 1.29 is 34.5 Å². The minimum absolute atomic E-state index is 0.0120. The lowest BCUT2D eigenvalue weighted by Crippen LogP contribution is -2.63. The summed E-state index contributed by atoms with van der Waals surface area (Å²) in [4.78, 5) is 51.2. The topological polar surface area (TPSA) is 155 Å². The van der Waals surface area contributed by atoms with E-state index in [1.807, 2.05) is 31.2 Å². The Morgan fingerprint density at radius 1 is 1.12 bits per heavy atom. The molecular weight excluding hydrogens is 438 g/mol. The molecule has 0 heterocycles. The molecule has 2 aliphatic rings. The molecule has 0 spiro atoms. The molecule has 0 aliphatic heterocycles. The molecule has 1 amide bonds. The van der Waals surface area contributed by atoms with E-state index < -0.39 is 53.0 Å². The van der Waals surface area contributed by atoms with E-state index >= 15 is 0 Å². The zero-order valence-corrected chi connectivity index (χ0v) is 18.8. The summed E-state index contributed by atoms with van der Waals surface area (Å²) in [6.45, 7) is 1.57. The Balaban J connectivity index is 1.82. The van der Waals surface area contributed by atoms with Gasteiger partial charge in [-0.1, -0.05) is 35.9 Å². The number of carbonyl (C=O) groups is 4. The molecular formula is C26H27NO7. The van der Waals surface area contributed by atoms with Crippen molar-refractivity contribution in [1.29, 1.82) is 0 Å². The van der Waals surface area contributed by atoms with Gasteiger partial charge in [-0.15, -0.1) is 0 Å². The van der Waals surface area contributed by atoms with Crippen molar-refractivity contribution >= 4 is 23.3 Å². The van der Waals surface area contributed by atoms with Gasteiger partial charge in [-0.25, -0.2) is 0 Å². The van der Waals surface area contributed by atoms with Gasteiger partial charge in [0.25, 0.3) is 0 Å². The number of aliphatic hydroxyl groups is 2. The first-order valence-corrected chi connectivity index (χ1v) is 11.2. The second-order valence-corrected chi connectivity index (χ2v) is 9.30. The van der Waals surface area contributed by atoms with Crippen LogP contribution in [-0.4, -0.2) is 50.8 Å². The van der Waals surface area contributed by atoms with Gasteiger partial charge in [0.05, 0.1) is 17.9 Å². The molecule has 5 N–H and O–H groups in total. The lowest BCUT2D eigenvalue weighted by atomic mass is 9.57. The van der Waals surface area contributed by atoms with Crippen LogP contribution in [0.4, 0.5) is 0 Å². The Kier molecular flexibility index (Phi) is 6.14. The maximum Gasteiger partial charge on any atom is 0.225 e. The van der Waals surface area contributed by atoms with Crippen LogP contribution in [0.1, 0.15) is 40.7 Å². The predicted molar refractivity (Wildman–Crippen MR) is 122 cm³/mol. The number of rotatable bonds is 6. The number of amides is 1. The highest BCUT2D eigenvalue weighted by Crippen LogP contribution is 2.49. The summed E-state index contributed by atoms with van der Waals surface area (Å²) in [5.74, 6) is -6.84. The number of phenolic OH excluding ortho intramolecular Hbond substituents is 1. The van der Waals surface area contributed by atoms with E-state index in [0.717, 1.165) is 16.7 Å². The molecule has 2 aliphatic carbocycles. The molecule has 0 aromatic heterocycles. The molecule has 1 unspecified atom stereocenters. The average Bonchev–Trinajstić information content (AvgIpc) is 2.77. The van der Waals surface area contributed by atoms with Crippen molar-refractivity contribution in [3.8, 4) is 16.9 Å². The zero-order valence-electron chi connectivity index (χ0n) is 18.8. The Bertz CT molecular complexity index is 1190. The lowest BCUT2D eigenvalue weighted by Gasteiger charge is -2.46. The van der Waals surface area contributed by atoms with Crippen LogP contribution in [-0.2, 0) is 20.8 Å². The minimum Gasteiger partial charge on any atom is -0.507 e. The normalized spacial score (nSPS) is 26.0. The second kappa shape index (κ2) is 8.77. The number of primary amides is 1. The molecule has 8 heteroatoms. The first-order valence-electron chi connectivity index (χ1n) is 11.2. The molecule has 2 aromatic carbocycles. The maximum atomic E-state index is 13.6. The number of phenols is 1. The number of benzene rings is 2. The van der Waals surface area contributed by atoms with Crippen LogP contribution in [0.5, 0.6) is 5.75 Å². The average molecular weight is 466 g/mol. The predicted octanol–water partition coefficient (Wildman–Crippen LogP) is 1.49. The third kappa shape index (κ3) is 3.73. The van der Waals surface area contributed by atoms with Crippen molar-refractivity contribution in [3.05, 3.63) is 53.1 Å². The van der Waals surface area contributed by atoms with Crippen LogP contribution in [0.3, 0.4) is 0 Å².